The van der Waals surface area contributed by atoms with Crippen molar-refractivity contribution in [2.45, 2.75) is 6.92 Å². The van der Waals surface area contributed by atoms with Crippen molar-refractivity contribution in [1.82, 2.24) is 4.90 Å². The molecule has 0 radical (unpaired) electrons. The first-order chi connectivity index (χ1) is 9.66. The third-order valence-corrected chi connectivity index (χ3v) is 3.08. The standard InChI is InChI=1S/C17H19NO2/c1-14-8-10-15(11-9-14)17(19)18(2)12-13-20-16-6-4-3-5-7-16/h3-11H,12-13H2,1-2H3. The van der Waals surface area contributed by atoms with Crippen LogP contribution in [-0.2, 0) is 0 Å². The van der Waals surface area contributed by atoms with E-state index >= 15 is 0 Å². The highest BCUT2D eigenvalue weighted by Crippen LogP contribution is 2.09. The minimum absolute atomic E-state index is 0.0154. The Morgan fingerprint density at radius 1 is 1.05 bits per heavy atom. The number of hydrogen-bond acceptors (Lipinski definition) is 2. The highest BCUT2D eigenvalue weighted by atomic mass is 16.5. The van der Waals surface area contributed by atoms with E-state index < -0.39 is 0 Å². The molecular formula is C17H19NO2. The van der Waals surface area contributed by atoms with E-state index in [1.807, 2.05) is 61.5 Å². The van der Waals surface area contributed by atoms with Crippen molar-refractivity contribution in [3.63, 3.8) is 0 Å². The maximum absolute atomic E-state index is 12.2. The average Bonchev–Trinajstić information content (AvgIpc) is 2.48. The van der Waals surface area contributed by atoms with Crippen LogP contribution in [0, 0.1) is 6.92 Å². The van der Waals surface area contributed by atoms with Gasteiger partial charge in [-0.05, 0) is 31.2 Å². The maximum atomic E-state index is 12.2. The largest absolute Gasteiger partial charge is 0.492 e. The van der Waals surface area contributed by atoms with Crippen molar-refractivity contribution < 1.29 is 9.53 Å². The first kappa shape index (κ1) is 14.1. The number of aryl methyl sites for hydroxylation is 1. The Morgan fingerprint density at radius 3 is 2.35 bits per heavy atom. The monoisotopic (exact) mass is 269 g/mol. The Balaban J connectivity index is 1.84. The Hall–Kier alpha value is -2.29. The number of carbonyl (C=O) groups excluding carboxylic acids is 1. The smallest absolute Gasteiger partial charge is 0.253 e. The van der Waals surface area contributed by atoms with Gasteiger partial charge >= 0.3 is 0 Å². The van der Waals surface area contributed by atoms with E-state index in [2.05, 4.69) is 0 Å². The molecule has 20 heavy (non-hydrogen) atoms. The number of para-hydroxylation sites is 1. The third kappa shape index (κ3) is 3.85. The fourth-order valence-electron chi connectivity index (χ4n) is 1.84. The van der Waals surface area contributed by atoms with E-state index in [0.29, 0.717) is 18.7 Å². The zero-order valence-electron chi connectivity index (χ0n) is 11.9. The van der Waals surface area contributed by atoms with Crippen molar-refractivity contribution in [2.24, 2.45) is 0 Å². The summed E-state index contributed by atoms with van der Waals surface area (Å²) in [4.78, 5) is 13.8. The lowest BCUT2D eigenvalue weighted by Gasteiger charge is -2.17. The Bertz CT molecular complexity index is 549. The minimum atomic E-state index is 0.0154. The summed E-state index contributed by atoms with van der Waals surface area (Å²) in [5.74, 6) is 0.838. The van der Waals surface area contributed by atoms with Gasteiger partial charge in [-0.25, -0.2) is 0 Å². The number of benzene rings is 2. The van der Waals surface area contributed by atoms with Gasteiger partial charge in [-0.3, -0.25) is 4.79 Å². The van der Waals surface area contributed by atoms with Crippen molar-refractivity contribution in [3.05, 3.63) is 65.7 Å². The molecule has 3 nitrogen and oxygen atoms in total. The van der Waals surface area contributed by atoms with Gasteiger partial charge in [0.05, 0.1) is 6.54 Å². The molecule has 0 aliphatic rings. The van der Waals surface area contributed by atoms with Crippen LogP contribution in [0.4, 0.5) is 0 Å². The first-order valence-corrected chi connectivity index (χ1v) is 6.67. The second-order valence-corrected chi connectivity index (χ2v) is 4.75. The third-order valence-electron chi connectivity index (χ3n) is 3.08. The molecule has 0 bridgehead atoms. The van der Waals surface area contributed by atoms with E-state index in [1.54, 1.807) is 11.9 Å². The Labute approximate surface area is 119 Å². The molecule has 2 aromatic rings. The number of carbonyl (C=O) groups is 1. The molecule has 0 atom stereocenters. The highest BCUT2D eigenvalue weighted by molar-refractivity contribution is 5.94. The summed E-state index contributed by atoms with van der Waals surface area (Å²) in [5.41, 5.74) is 1.86. The molecule has 0 saturated heterocycles. The molecule has 0 saturated carbocycles. The molecule has 2 rings (SSSR count). The minimum Gasteiger partial charge on any atom is -0.492 e. The quantitative estimate of drug-likeness (QED) is 0.834. The fourth-order valence-corrected chi connectivity index (χ4v) is 1.84. The summed E-state index contributed by atoms with van der Waals surface area (Å²) in [6, 6.07) is 17.2. The van der Waals surface area contributed by atoms with Gasteiger partial charge in [0.25, 0.3) is 5.91 Å². The van der Waals surface area contributed by atoms with Crippen molar-refractivity contribution in [2.75, 3.05) is 20.2 Å². The second-order valence-electron chi connectivity index (χ2n) is 4.75. The van der Waals surface area contributed by atoms with E-state index in [0.717, 1.165) is 11.3 Å². The van der Waals surface area contributed by atoms with Crippen LogP contribution in [0.25, 0.3) is 0 Å². The summed E-state index contributed by atoms with van der Waals surface area (Å²) in [7, 11) is 1.79. The SMILES string of the molecule is Cc1ccc(C(=O)N(C)CCOc2ccccc2)cc1. The zero-order valence-corrected chi connectivity index (χ0v) is 11.9. The van der Waals surface area contributed by atoms with Crippen molar-refractivity contribution in [3.8, 4) is 5.75 Å². The summed E-state index contributed by atoms with van der Waals surface area (Å²) in [6.45, 7) is 3.05. The van der Waals surface area contributed by atoms with Crippen LogP contribution >= 0.6 is 0 Å². The average molecular weight is 269 g/mol. The molecule has 0 N–H and O–H groups in total. The maximum Gasteiger partial charge on any atom is 0.253 e. The van der Waals surface area contributed by atoms with Gasteiger partial charge in [-0.1, -0.05) is 35.9 Å². The number of amides is 1. The molecule has 0 aliphatic carbocycles. The van der Waals surface area contributed by atoms with E-state index in [-0.39, 0.29) is 5.91 Å². The van der Waals surface area contributed by atoms with Gasteiger partial charge in [-0.2, -0.15) is 0 Å². The van der Waals surface area contributed by atoms with E-state index in [1.165, 1.54) is 0 Å². The van der Waals surface area contributed by atoms with Crippen molar-refractivity contribution in [1.29, 1.82) is 0 Å². The van der Waals surface area contributed by atoms with Gasteiger partial charge in [0.2, 0.25) is 0 Å². The van der Waals surface area contributed by atoms with Gasteiger partial charge in [0.15, 0.2) is 0 Å². The summed E-state index contributed by atoms with van der Waals surface area (Å²) in [5, 5.41) is 0. The van der Waals surface area contributed by atoms with Crippen LogP contribution in [0.1, 0.15) is 15.9 Å². The van der Waals surface area contributed by atoms with Crippen LogP contribution in [-0.4, -0.2) is 31.0 Å². The van der Waals surface area contributed by atoms with Crippen LogP contribution in [0.3, 0.4) is 0 Å². The normalized spacial score (nSPS) is 10.1. The first-order valence-electron chi connectivity index (χ1n) is 6.67. The predicted molar refractivity (Wildman–Crippen MR) is 80.1 cm³/mol. The van der Waals surface area contributed by atoms with Crippen LogP contribution in [0.2, 0.25) is 0 Å². The molecule has 104 valence electrons. The molecule has 0 heterocycles. The molecule has 0 spiro atoms. The molecule has 0 unspecified atom stereocenters. The van der Waals surface area contributed by atoms with Gasteiger partial charge < -0.3 is 9.64 Å². The van der Waals surface area contributed by atoms with E-state index in [4.69, 9.17) is 4.74 Å². The Morgan fingerprint density at radius 2 is 1.70 bits per heavy atom. The number of ether oxygens (including phenoxy) is 1. The summed E-state index contributed by atoms with van der Waals surface area (Å²) < 4.78 is 5.59. The lowest BCUT2D eigenvalue weighted by Crippen LogP contribution is -2.30. The zero-order chi connectivity index (χ0) is 14.4. The van der Waals surface area contributed by atoms with Gasteiger partial charge in [0.1, 0.15) is 12.4 Å². The molecule has 0 fully saturated rings. The summed E-state index contributed by atoms with van der Waals surface area (Å²) >= 11 is 0. The number of rotatable bonds is 5. The second kappa shape index (κ2) is 6.75. The predicted octanol–water partition coefficient (Wildman–Crippen LogP) is 3.15. The molecular weight excluding hydrogens is 250 g/mol. The van der Waals surface area contributed by atoms with Gasteiger partial charge in [-0.15, -0.1) is 0 Å². The molecule has 0 aliphatic heterocycles. The van der Waals surface area contributed by atoms with Gasteiger partial charge in [0, 0.05) is 12.6 Å². The van der Waals surface area contributed by atoms with Crippen molar-refractivity contribution >= 4 is 5.91 Å². The molecule has 1 amide bonds. The van der Waals surface area contributed by atoms with Crippen LogP contribution in [0.5, 0.6) is 5.75 Å². The lowest BCUT2D eigenvalue weighted by atomic mass is 10.1. The van der Waals surface area contributed by atoms with Crippen LogP contribution < -0.4 is 4.74 Å². The lowest BCUT2D eigenvalue weighted by molar-refractivity contribution is 0.0774. The Kier molecular flexibility index (Phi) is 4.77. The molecule has 3 heteroatoms. The number of hydrogen-bond donors (Lipinski definition) is 0. The molecule has 2 aromatic carbocycles. The van der Waals surface area contributed by atoms with Crippen LogP contribution in [0.15, 0.2) is 54.6 Å². The molecule has 0 aromatic heterocycles. The van der Waals surface area contributed by atoms with E-state index in [9.17, 15) is 4.79 Å². The highest BCUT2D eigenvalue weighted by Gasteiger charge is 2.10. The summed E-state index contributed by atoms with van der Waals surface area (Å²) in [6.07, 6.45) is 0. The fraction of sp³-hybridized carbons (Fsp3) is 0.235. The topological polar surface area (TPSA) is 29.5 Å². The number of nitrogens with zero attached hydrogens (tertiary/aromatic N) is 1. The number of likely N-dealkylation sites (N-methyl/N-ethyl adjacent to an activating group) is 1.